The minimum atomic E-state index is -3.76. The molecule has 0 aliphatic heterocycles. The van der Waals surface area contributed by atoms with Crippen molar-refractivity contribution in [1.29, 1.82) is 0 Å². The molecule has 0 aliphatic rings. The number of nitrogens with zero attached hydrogens (tertiary/aromatic N) is 1. The number of halogens is 1. The molecule has 6 nitrogen and oxygen atoms in total. The first-order chi connectivity index (χ1) is 9.79. The summed E-state index contributed by atoms with van der Waals surface area (Å²) < 4.78 is 26.8. The normalized spacial score (nSPS) is 13.0. The van der Waals surface area contributed by atoms with Gasteiger partial charge in [0.05, 0.1) is 10.9 Å². The molecular weight excluding hydrogens is 336 g/mol. The molecule has 9 heteroatoms. The molecular formula is C12H11ClN2O4S2. The number of nitrogens with one attached hydrogen (secondary N) is 1. The lowest BCUT2D eigenvalue weighted by Gasteiger charge is -2.12. The average Bonchev–Trinajstić information content (AvgIpc) is 2.88. The van der Waals surface area contributed by atoms with Gasteiger partial charge in [-0.3, -0.25) is 0 Å². The Labute approximate surface area is 130 Å². The highest BCUT2D eigenvalue weighted by Crippen LogP contribution is 2.22. The molecule has 1 aromatic heterocycles. The number of carboxylic acid groups (broad SMARTS) is 1. The Balaban J connectivity index is 2.21. The van der Waals surface area contributed by atoms with Gasteiger partial charge in [-0.15, -0.1) is 11.3 Å². The van der Waals surface area contributed by atoms with Gasteiger partial charge in [0, 0.05) is 10.4 Å². The van der Waals surface area contributed by atoms with Crippen molar-refractivity contribution in [2.45, 2.75) is 17.9 Å². The number of aromatic nitrogens is 1. The van der Waals surface area contributed by atoms with Gasteiger partial charge < -0.3 is 5.11 Å². The third-order valence-corrected chi connectivity index (χ3v) is 5.35. The maximum absolute atomic E-state index is 12.2. The third-order valence-electron chi connectivity index (χ3n) is 2.55. The second kappa shape index (κ2) is 6.10. The van der Waals surface area contributed by atoms with Crippen molar-refractivity contribution in [3.05, 3.63) is 45.4 Å². The number of carbonyl (C=O) groups is 1. The van der Waals surface area contributed by atoms with E-state index in [1.165, 1.54) is 23.6 Å². The Morgan fingerprint density at radius 2 is 2.19 bits per heavy atom. The molecule has 1 heterocycles. The van der Waals surface area contributed by atoms with Gasteiger partial charge in [0.25, 0.3) is 0 Å². The monoisotopic (exact) mass is 346 g/mol. The molecule has 21 heavy (non-hydrogen) atoms. The molecule has 2 N–H and O–H groups in total. The van der Waals surface area contributed by atoms with Crippen molar-refractivity contribution in [3.63, 3.8) is 0 Å². The summed E-state index contributed by atoms with van der Waals surface area (Å²) in [7, 11) is -3.76. The lowest BCUT2D eigenvalue weighted by Crippen LogP contribution is -2.26. The molecule has 0 bridgehead atoms. The first kappa shape index (κ1) is 15.9. The van der Waals surface area contributed by atoms with Crippen LogP contribution >= 0.6 is 22.9 Å². The van der Waals surface area contributed by atoms with Crippen LogP contribution in [0.1, 0.15) is 28.5 Å². The van der Waals surface area contributed by atoms with Crippen LogP contribution in [0, 0.1) is 0 Å². The van der Waals surface area contributed by atoms with E-state index in [-0.39, 0.29) is 10.6 Å². The van der Waals surface area contributed by atoms with E-state index in [4.69, 9.17) is 16.7 Å². The number of benzene rings is 1. The van der Waals surface area contributed by atoms with Crippen LogP contribution in [0.3, 0.4) is 0 Å². The zero-order chi connectivity index (χ0) is 15.6. The van der Waals surface area contributed by atoms with Crippen LogP contribution in [-0.2, 0) is 10.0 Å². The predicted octanol–water partition coefficient (Wildman–Crippen LogP) is 2.53. The highest BCUT2D eigenvalue weighted by Gasteiger charge is 2.21. The lowest BCUT2D eigenvalue weighted by atomic mass is 10.4. The number of thiazole rings is 1. The summed E-state index contributed by atoms with van der Waals surface area (Å²) in [4.78, 5) is 14.7. The van der Waals surface area contributed by atoms with Crippen molar-refractivity contribution in [3.8, 4) is 0 Å². The van der Waals surface area contributed by atoms with Gasteiger partial charge in [-0.05, 0) is 25.1 Å². The van der Waals surface area contributed by atoms with Crippen molar-refractivity contribution >= 4 is 38.9 Å². The summed E-state index contributed by atoms with van der Waals surface area (Å²) >= 11 is 6.85. The minimum Gasteiger partial charge on any atom is -0.476 e. The molecule has 0 saturated carbocycles. The summed E-state index contributed by atoms with van der Waals surface area (Å²) in [5.41, 5.74) is -0.108. The van der Waals surface area contributed by atoms with Crippen LogP contribution in [0.15, 0.2) is 34.5 Å². The summed E-state index contributed by atoms with van der Waals surface area (Å²) in [6.07, 6.45) is 0. The van der Waals surface area contributed by atoms with Gasteiger partial charge in [0.15, 0.2) is 5.69 Å². The zero-order valence-electron chi connectivity index (χ0n) is 10.8. The minimum absolute atomic E-state index is 0.0388. The SMILES string of the molecule is CC(NS(=O)(=O)c1cccc(Cl)c1)c1nc(C(=O)O)cs1. The highest BCUT2D eigenvalue weighted by atomic mass is 35.5. The molecule has 0 saturated heterocycles. The number of sulfonamides is 1. The Morgan fingerprint density at radius 1 is 1.48 bits per heavy atom. The van der Waals surface area contributed by atoms with Crippen LogP contribution < -0.4 is 4.72 Å². The molecule has 1 unspecified atom stereocenters. The predicted molar refractivity (Wildman–Crippen MR) is 79.3 cm³/mol. The quantitative estimate of drug-likeness (QED) is 0.867. The Kier molecular flexibility index (Phi) is 4.62. The van der Waals surface area contributed by atoms with Crippen molar-refractivity contribution in [1.82, 2.24) is 9.71 Å². The number of hydrogen-bond acceptors (Lipinski definition) is 5. The maximum atomic E-state index is 12.2. The largest absolute Gasteiger partial charge is 0.476 e. The molecule has 0 amide bonds. The highest BCUT2D eigenvalue weighted by molar-refractivity contribution is 7.89. The average molecular weight is 347 g/mol. The Morgan fingerprint density at radius 3 is 2.76 bits per heavy atom. The Bertz CT molecular complexity index is 773. The summed E-state index contributed by atoms with van der Waals surface area (Å²) in [6.45, 7) is 1.59. The summed E-state index contributed by atoms with van der Waals surface area (Å²) in [6, 6.07) is 5.22. The van der Waals surface area contributed by atoms with E-state index in [9.17, 15) is 13.2 Å². The first-order valence-corrected chi connectivity index (χ1v) is 8.50. The molecule has 0 aliphatic carbocycles. The van der Waals surface area contributed by atoms with E-state index >= 15 is 0 Å². The fraction of sp³-hybridized carbons (Fsp3) is 0.167. The first-order valence-electron chi connectivity index (χ1n) is 5.76. The summed E-state index contributed by atoms with van der Waals surface area (Å²) in [5.74, 6) is -1.15. The van der Waals surface area contributed by atoms with E-state index < -0.39 is 22.0 Å². The second-order valence-corrected chi connectivity index (χ2v) is 7.22. The van der Waals surface area contributed by atoms with E-state index in [1.807, 2.05) is 0 Å². The van der Waals surface area contributed by atoms with Crippen LogP contribution in [0.5, 0.6) is 0 Å². The fourth-order valence-electron chi connectivity index (χ4n) is 1.57. The van der Waals surface area contributed by atoms with E-state index in [0.717, 1.165) is 11.3 Å². The van der Waals surface area contributed by atoms with Crippen LogP contribution in [-0.4, -0.2) is 24.5 Å². The Hall–Kier alpha value is -1.48. The molecule has 0 radical (unpaired) electrons. The van der Waals surface area contributed by atoms with Gasteiger partial charge in [-0.2, -0.15) is 0 Å². The van der Waals surface area contributed by atoms with Crippen LogP contribution in [0.25, 0.3) is 0 Å². The van der Waals surface area contributed by atoms with E-state index in [2.05, 4.69) is 9.71 Å². The molecule has 1 aromatic carbocycles. The molecule has 0 fully saturated rings. The fourth-order valence-corrected chi connectivity index (χ4v) is 3.95. The number of aromatic carboxylic acids is 1. The molecule has 0 spiro atoms. The van der Waals surface area contributed by atoms with Gasteiger partial charge in [-0.1, -0.05) is 17.7 Å². The third kappa shape index (κ3) is 3.79. The van der Waals surface area contributed by atoms with E-state index in [0.29, 0.717) is 10.0 Å². The number of carboxylic acids is 1. The van der Waals surface area contributed by atoms with Gasteiger partial charge in [0.1, 0.15) is 5.01 Å². The van der Waals surface area contributed by atoms with Gasteiger partial charge in [0.2, 0.25) is 10.0 Å². The smallest absolute Gasteiger partial charge is 0.355 e. The van der Waals surface area contributed by atoms with Crippen LogP contribution in [0.2, 0.25) is 5.02 Å². The lowest BCUT2D eigenvalue weighted by molar-refractivity contribution is 0.0691. The standard InChI is InChI=1S/C12H11ClN2O4S2/c1-7(11-14-10(6-20-11)12(16)17)15-21(18,19)9-4-2-3-8(13)5-9/h2-7,15H,1H3,(H,16,17). The van der Waals surface area contributed by atoms with Crippen molar-refractivity contribution in [2.75, 3.05) is 0 Å². The topological polar surface area (TPSA) is 96.4 Å². The molecule has 1 atom stereocenters. The van der Waals surface area contributed by atoms with Crippen molar-refractivity contribution in [2.24, 2.45) is 0 Å². The summed E-state index contributed by atoms with van der Waals surface area (Å²) in [5, 5.41) is 10.9. The van der Waals surface area contributed by atoms with Crippen molar-refractivity contribution < 1.29 is 18.3 Å². The van der Waals surface area contributed by atoms with Gasteiger partial charge >= 0.3 is 5.97 Å². The molecule has 2 rings (SSSR count). The van der Waals surface area contributed by atoms with Crippen LogP contribution in [0.4, 0.5) is 0 Å². The molecule has 112 valence electrons. The maximum Gasteiger partial charge on any atom is 0.355 e. The zero-order valence-corrected chi connectivity index (χ0v) is 13.2. The van der Waals surface area contributed by atoms with Gasteiger partial charge in [-0.25, -0.2) is 22.9 Å². The number of rotatable bonds is 5. The molecule has 2 aromatic rings. The van der Waals surface area contributed by atoms with E-state index in [1.54, 1.807) is 13.0 Å². The second-order valence-electron chi connectivity index (χ2n) is 4.18. The number of hydrogen-bond donors (Lipinski definition) is 2.